The van der Waals surface area contributed by atoms with Crippen molar-refractivity contribution in [3.05, 3.63) is 0 Å². The fraction of sp³-hybridized carbons (Fsp3) is 0.913. The summed E-state index contributed by atoms with van der Waals surface area (Å²) in [6, 6.07) is 0.0921. The molecule has 1 amide bonds. The molecule has 0 aromatic rings. The van der Waals surface area contributed by atoms with E-state index in [1.807, 2.05) is 27.7 Å². The van der Waals surface area contributed by atoms with Crippen molar-refractivity contribution in [2.75, 3.05) is 0 Å². The third-order valence-corrected chi connectivity index (χ3v) is 7.92. The summed E-state index contributed by atoms with van der Waals surface area (Å²) < 4.78 is 18.2. The van der Waals surface area contributed by atoms with E-state index in [-0.39, 0.29) is 42.5 Å². The second-order valence-electron chi connectivity index (χ2n) is 10.1. The average molecular weight is 440 g/mol. The van der Waals surface area contributed by atoms with Crippen LogP contribution in [0.15, 0.2) is 0 Å². The molecule has 4 heterocycles. The minimum absolute atomic E-state index is 0.0210. The minimum Gasteiger partial charge on any atom is -0.435 e. The fourth-order valence-electron chi connectivity index (χ4n) is 5.86. The highest BCUT2D eigenvalue weighted by Gasteiger charge is 2.69. The zero-order chi connectivity index (χ0) is 22.4. The monoisotopic (exact) mass is 439 g/mol. The Labute approximate surface area is 184 Å². The third-order valence-electron chi connectivity index (χ3n) is 7.92. The van der Waals surface area contributed by atoms with E-state index in [0.29, 0.717) is 5.92 Å². The number of ether oxygens (including phenoxy) is 3. The van der Waals surface area contributed by atoms with Crippen molar-refractivity contribution in [1.82, 2.24) is 5.32 Å². The van der Waals surface area contributed by atoms with Crippen molar-refractivity contribution in [3.8, 4) is 0 Å². The Morgan fingerprint density at radius 1 is 1.13 bits per heavy atom. The fourth-order valence-corrected chi connectivity index (χ4v) is 5.86. The van der Waals surface area contributed by atoms with Crippen LogP contribution < -0.4 is 5.32 Å². The Hall–Kier alpha value is -1.22. The zero-order valence-corrected chi connectivity index (χ0v) is 19.3. The molecule has 8 nitrogen and oxygen atoms in total. The van der Waals surface area contributed by atoms with Gasteiger partial charge in [0.1, 0.15) is 0 Å². The van der Waals surface area contributed by atoms with Crippen LogP contribution in [0.3, 0.4) is 0 Å². The molecule has 4 saturated heterocycles. The van der Waals surface area contributed by atoms with Gasteiger partial charge < -0.3 is 19.5 Å². The number of fused-ring (bicyclic) bond motifs is 2. The van der Waals surface area contributed by atoms with E-state index in [1.165, 1.54) is 0 Å². The molecule has 4 aliphatic heterocycles. The molecule has 2 bridgehead atoms. The highest BCUT2D eigenvalue weighted by molar-refractivity contribution is 5.81. The summed E-state index contributed by atoms with van der Waals surface area (Å²) in [4.78, 5) is 36.4. The Kier molecular flexibility index (Phi) is 6.38. The lowest BCUT2D eigenvalue weighted by atomic mass is 9.58. The third kappa shape index (κ3) is 4.12. The molecule has 9 atom stereocenters. The van der Waals surface area contributed by atoms with Gasteiger partial charge in [0.15, 0.2) is 11.9 Å². The van der Waals surface area contributed by atoms with Crippen LogP contribution in [0, 0.1) is 23.7 Å². The maximum absolute atomic E-state index is 12.5. The van der Waals surface area contributed by atoms with Gasteiger partial charge in [-0.1, -0.05) is 20.8 Å². The van der Waals surface area contributed by atoms with Gasteiger partial charge in [-0.25, -0.2) is 9.78 Å². The standard InChI is InChI=1S/C23H37NO7/c1-6-14(3)24-18(25)9-10-19(26)27-20-15(4)17-8-7-13(2)16-11-12-22(5)29-21(28-20)23(16,17)31-30-22/h13-17,20-21H,6-12H2,1-5H3,(H,24,25)/t13-,14+,15-,16+,17-,20-,21+,22-,23-/m1/s1. The molecule has 1 aliphatic carbocycles. The number of hydrogen-bond acceptors (Lipinski definition) is 7. The van der Waals surface area contributed by atoms with Crippen LogP contribution in [0.4, 0.5) is 0 Å². The van der Waals surface area contributed by atoms with Crippen molar-refractivity contribution in [2.24, 2.45) is 23.7 Å². The number of nitrogens with one attached hydrogen (secondary N) is 1. The Morgan fingerprint density at radius 2 is 1.90 bits per heavy atom. The molecule has 8 heteroatoms. The number of esters is 1. The van der Waals surface area contributed by atoms with Crippen LogP contribution in [0.25, 0.3) is 0 Å². The van der Waals surface area contributed by atoms with Gasteiger partial charge in [0.05, 0.1) is 6.42 Å². The summed E-state index contributed by atoms with van der Waals surface area (Å²) in [5, 5.41) is 2.87. The highest BCUT2D eigenvalue weighted by Crippen LogP contribution is 2.60. The van der Waals surface area contributed by atoms with Crippen LogP contribution in [-0.4, -0.2) is 41.9 Å². The van der Waals surface area contributed by atoms with Gasteiger partial charge in [0.2, 0.25) is 18.0 Å². The van der Waals surface area contributed by atoms with Crippen molar-refractivity contribution >= 4 is 11.9 Å². The summed E-state index contributed by atoms with van der Waals surface area (Å²) >= 11 is 0. The highest BCUT2D eigenvalue weighted by atomic mass is 17.3. The first kappa shape index (κ1) is 23.0. The topological polar surface area (TPSA) is 92.3 Å². The molecule has 5 rings (SSSR count). The molecule has 5 aliphatic rings. The Balaban J connectivity index is 1.44. The molecule has 0 radical (unpaired) electrons. The predicted octanol–water partition coefficient (Wildman–Crippen LogP) is 3.43. The van der Waals surface area contributed by atoms with E-state index >= 15 is 0 Å². The summed E-state index contributed by atoms with van der Waals surface area (Å²) in [5.74, 6) is -0.666. The van der Waals surface area contributed by atoms with Crippen LogP contribution in [0.2, 0.25) is 0 Å². The van der Waals surface area contributed by atoms with Crippen LogP contribution in [0.5, 0.6) is 0 Å². The number of carbonyl (C=O) groups excluding carboxylic acids is 2. The van der Waals surface area contributed by atoms with Crippen LogP contribution in [0.1, 0.15) is 79.6 Å². The minimum atomic E-state index is -0.860. The summed E-state index contributed by atoms with van der Waals surface area (Å²) in [5.41, 5.74) is -0.674. The zero-order valence-electron chi connectivity index (χ0n) is 19.3. The second kappa shape index (κ2) is 8.61. The first-order valence-corrected chi connectivity index (χ1v) is 11.9. The maximum atomic E-state index is 12.5. The van der Waals surface area contributed by atoms with Gasteiger partial charge in [-0.2, -0.15) is 0 Å². The first-order valence-electron chi connectivity index (χ1n) is 11.9. The van der Waals surface area contributed by atoms with Gasteiger partial charge >= 0.3 is 5.97 Å². The maximum Gasteiger partial charge on any atom is 0.308 e. The van der Waals surface area contributed by atoms with Crippen molar-refractivity contribution in [3.63, 3.8) is 0 Å². The lowest BCUT2D eigenvalue weighted by Crippen LogP contribution is -2.70. The van der Waals surface area contributed by atoms with Gasteiger partial charge in [0, 0.05) is 30.7 Å². The van der Waals surface area contributed by atoms with Gasteiger partial charge in [-0.05, 0) is 51.4 Å². The molecule has 1 spiro atoms. The quantitative estimate of drug-likeness (QED) is 0.501. The summed E-state index contributed by atoms with van der Waals surface area (Å²) in [6.45, 7) is 10.1. The number of carbonyl (C=O) groups is 2. The molecule has 5 fully saturated rings. The average Bonchev–Trinajstić information content (AvgIpc) is 2.96. The Bertz CT molecular complexity index is 701. The largest absolute Gasteiger partial charge is 0.435 e. The van der Waals surface area contributed by atoms with E-state index in [9.17, 15) is 9.59 Å². The summed E-state index contributed by atoms with van der Waals surface area (Å²) in [6.07, 6.45) is 3.31. The van der Waals surface area contributed by atoms with Crippen LogP contribution >= 0.6 is 0 Å². The molecule has 31 heavy (non-hydrogen) atoms. The van der Waals surface area contributed by atoms with Gasteiger partial charge in [-0.15, -0.1) is 0 Å². The first-order chi connectivity index (χ1) is 14.7. The number of amides is 1. The second-order valence-corrected chi connectivity index (χ2v) is 10.1. The molecule has 1 N–H and O–H groups in total. The van der Waals surface area contributed by atoms with E-state index < -0.39 is 29.9 Å². The van der Waals surface area contributed by atoms with Gasteiger partial charge in [-0.3, -0.25) is 9.59 Å². The van der Waals surface area contributed by atoms with E-state index in [4.69, 9.17) is 24.0 Å². The van der Waals surface area contributed by atoms with E-state index in [2.05, 4.69) is 12.2 Å². The van der Waals surface area contributed by atoms with Crippen molar-refractivity contribution in [1.29, 1.82) is 0 Å². The number of hydrogen-bond donors (Lipinski definition) is 1. The number of rotatable bonds is 6. The predicted molar refractivity (Wildman–Crippen MR) is 110 cm³/mol. The lowest BCUT2D eigenvalue weighted by Gasteiger charge is -2.59. The normalized spacial score (nSPS) is 44.7. The molecule has 1 saturated carbocycles. The molecule has 0 aromatic carbocycles. The molecule has 0 unspecified atom stereocenters. The smallest absolute Gasteiger partial charge is 0.308 e. The van der Waals surface area contributed by atoms with Crippen LogP contribution in [-0.2, 0) is 33.6 Å². The van der Waals surface area contributed by atoms with E-state index in [0.717, 1.165) is 32.1 Å². The molecular weight excluding hydrogens is 402 g/mol. The Morgan fingerprint density at radius 3 is 2.65 bits per heavy atom. The molecule has 176 valence electrons. The van der Waals surface area contributed by atoms with E-state index in [1.54, 1.807) is 0 Å². The lowest BCUT2D eigenvalue weighted by molar-refractivity contribution is -0.576. The SMILES string of the molecule is CC[C@H](C)NC(=O)CCC(=O)O[C@@H]1O[C@H]2O[C@@]3(C)CC[C@H]4[C@H](C)CC[C@H]([C@H]1C)[C@@]24OO3. The van der Waals surface area contributed by atoms with Gasteiger partial charge in [0.25, 0.3) is 0 Å². The van der Waals surface area contributed by atoms with Crippen molar-refractivity contribution in [2.45, 2.75) is 110 Å². The van der Waals surface area contributed by atoms with Crippen molar-refractivity contribution < 1.29 is 33.6 Å². The molecule has 0 aromatic heterocycles. The summed E-state index contributed by atoms with van der Waals surface area (Å²) in [7, 11) is 0. The molecular formula is C23H37NO7.